The SMILES string of the molecule is CCc1ccc(NC(=O)NCCC(C)O)cc1[N+](=O)[O-]. The van der Waals surface area contributed by atoms with E-state index < -0.39 is 17.1 Å². The van der Waals surface area contributed by atoms with Gasteiger partial charge in [0.25, 0.3) is 5.69 Å². The maximum atomic E-state index is 11.6. The first kappa shape index (κ1) is 15.9. The molecule has 0 aromatic heterocycles. The van der Waals surface area contributed by atoms with Crippen LogP contribution in [0.5, 0.6) is 0 Å². The van der Waals surface area contributed by atoms with Gasteiger partial charge in [0.15, 0.2) is 0 Å². The van der Waals surface area contributed by atoms with Gasteiger partial charge in [0, 0.05) is 23.9 Å². The molecule has 1 aromatic rings. The second kappa shape index (κ2) is 7.44. The first-order valence-corrected chi connectivity index (χ1v) is 6.44. The number of aryl methyl sites for hydroxylation is 1. The second-order valence-electron chi connectivity index (χ2n) is 4.47. The Morgan fingerprint density at radius 1 is 1.50 bits per heavy atom. The molecule has 0 fully saturated rings. The van der Waals surface area contributed by atoms with Gasteiger partial charge in [0.2, 0.25) is 0 Å². The number of nitrogens with one attached hydrogen (secondary N) is 2. The van der Waals surface area contributed by atoms with E-state index in [-0.39, 0.29) is 5.69 Å². The molecule has 0 aliphatic carbocycles. The fourth-order valence-corrected chi connectivity index (χ4v) is 1.68. The molecule has 110 valence electrons. The quantitative estimate of drug-likeness (QED) is 0.548. The predicted molar refractivity (Wildman–Crippen MR) is 75.8 cm³/mol. The fourth-order valence-electron chi connectivity index (χ4n) is 1.68. The van der Waals surface area contributed by atoms with E-state index in [1.54, 1.807) is 19.1 Å². The maximum absolute atomic E-state index is 11.6. The third kappa shape index (κ3) is 4.85. The van der Waals surface area contributed by atoms with Gasteiger partial charge in [-0.05, 0) is 25.8 Å². The Hall–Kier alpha value is -2.15. The molecule has 0 radical (unpaired) electrons. The lowest BCUT2D eigenvalue weighted by Gasteiger charge is -2.09. The van der Waals surface area contributed by atoms with Gasteiger partial charge in [-0.25, -0.2) is 4.79 Å². The molecule has 0 aliphatic rings. The number of carbonyl (C=O) groups excluding carboxylic acids is 1. The summed E-state index contributed by atoms with van der Waals surface area (Å²) >= 11 is 0. The summed E-state index contributed by atoms with van der Waals surface area (Å²) in [6.07, 6.45) is 0.514. The van der Waals surface area contributed by atoms with Gasteiger partial charge in [-0.2, -0.15) is 0 Å². The average molecular weight is 281 g/mol. The van der Waals surface area contributed by atoms with Crippen molar-refractivity contribution >= 4 is 17.4 Å². The number of nitro benzene ring substituents is 1. The molecule has 1 atom stereocenters. The van der Waals surface area contributed by atoms with Gasteiger partial charge in [0.1, 0.15) is 0 Å². The zero-order valence-corrected chi connectivity index (χ0v) is 11.5. The normalized spacial score (nSPS) is 11.8. The van der Waals surface area contributed by atoms with E-state index in [0.29, 0.717) is 30.6 Å². The minimum Gasteiger partial charge on any atom is -0.393 e. The zero-order chi connectivity index (χ0) is 15.1. The van der Waals surface area contributed by atoms with E-state index in [4.69, 9.17) is 5.11 Å². The van der Waals surface area contributed by atoms with Crippen LogP contribution in [-0.2, 0) is 6.42 Å². The van der Waals surface area contributed by atoms with E-state index in [1.807, 2.05) is 6.92 Å². The molecule has 0 spiro atoms. The van der Waals surface area contributed by atoms with E-state index >= 15 is 0 Å². The Morgan fingerprint density at radius 2 is 2.20 bits per heavy atom. The summed E-state index contributed by atoms with van der Waals surface area (Å²) in [4.78, 5) is 22.0. The standard InChI is InChI=1S/C13H19N3O4/c1-3-10-4-5-11(8-12(10)16(19)20)15-13(18)14-7-6-9(2)17/h4-5,8-9,17H,3,6-7H2,1-2H3,(H2,14,15,18). The Labute approximate surface area is 117 Å². The number of carbonyl (C=O) groups is 1. The van der Waals surface area contributed by atoms with Gasteiger partial charge in [-0.15, -0.1) is 0 Å². The van der Waals surface area contributed by atoms with Crippen molar-refractivity contribution in [2.24, 2.45) is 0 Å². The number of benzene rings is 1. The molecule has 2 amide bonds. The first-order valence-electron chi connectivity index (χ1n) is 6.44. The van der Waals surface area contributed by atoms with Crippen molar-refractivity contribution in [2.75, 3.05) is 11.9 Å². The molecule has 0 heterocycles. The number of urea groups is 1. The number of hydrogen-bond donors (Lipinski definition) is 3. The molecule has 0 saturated carbocycles. The van der Waals surface area contributed by atoms with Crippen LogP contribution in [0.4, 0.5) is 16.2 Å². The van der Waals surface area contributed by atoms with Gasteiger partial charge in [-0.3, -0.25) is 10.1 Å². The highest BCUT2D eigenvalue weighted by molar-refractivity contribution is 5.89. The van der Waals surface area contributed by atoms with Crippen molar-refractivity contribution in [1.82, 2.24) is 5.32 Å². The number of aliphatic hydroxyl groups is 1. The monoisotopic (exact) mass is 281 g/mol. The highest BCUT2D eigenvalue weighted by Gasteiger charge is 2.14. The molecule has 0 aliphatic heterocycles. The summed E-state index contributed by atoms with van der Waals surface area (Å²) in [7, 11) is 0. The number of nitrogens with zero attached hydrogens (tertiary/aromatic N) is 1. The minimum absolute atomic E-state index is 0.00530. The Morgan fingerprint density at radius 3 is 2.75 bits per heavy atom. The summed E-state index contributed by atoms with van der Waals surface area (Å²) in [5.74, 6) is 0. The highest BCUT2D eigenvalue weighted by Crippen LogP contribution is 2.23. The number of nitro groups is 1. The summed E-state index contributed by atoms with van der Waals surface area (Å²) < 4.78 is 0. The van der Waals surface area contributed by atoms with E-state index in [0.717, 1.165) is 0 Å². The van der Waals surface area contributed by atoms with Gasteiger partial charge < -0.3 is 15.7 Å². The smallest absolute Gasteiger partial charge is 0.319 e. The number of amides is 2. The van der Waals surface area contributed by atoms with Crippen LogP contribution in [-0.4, -0.2) is 28.7 Å². The fraction of sp³-hybridized carbons (Fsp3) is 0.462. The summed E-state index contributed by atoms with van der Waals surface area (Å²) in [6, 6.07) is 4.14. The van der Waals surface area contributed by atoms with Crippen molar-refractivity contribution in [1.29, 1.82) is 0 Å². The van der Waals surface area contributed by atoms with Crippen molar-refractivity contribution < 1.29 is 14.8 Å². The summed E-state index contributed by atoms with van der Waals surface area (Å²) in [5, 5.41) is 25.1. The van der Waals surface area contributed by atoms with Crippen molar-refractivity contribution in [3.05, 3.63) is 33.9 Å². The Kier molecular flexibility index (Phi) is 5.92. The molecule has 7 heteroatoms. The molecule has 0 saturated heterocycles. The molecule has 1 aromatic carbocycles. The molecule has 3 N–H and O–H groups in total. The third-order valence-electron chi connectivity index (χ3n) is 2.77. The lowest BCUT2D eigenvalue weighted by Crippen LogP contribution is -2.30. The van der Waals surface area contributed by atoms with Gasteiger partial charge in [0.05, 0.1) is 11.0 Å². The van der Waals surface area contributed by atoms with Crippen molar-refractivity contribution in [2.45, 2.75) is 32.8 Å². The van der Waals surface area contributed by atoms with E-state index in [9.17, 15) is 14.9 Å². The first-order chi connectivity index (χ1) is 9.43. The molecule has 20 heavy (non-hydrogen) atoms. The van der Waals surface area contributed by atoms with Crippen LogP contribution >= 0.6 is 0 Å². The van der Waals surface area contributed by atoms with E-state index in [2.05, 4.69) is 10.6 Å². The second-order valence-corrected chi connectivity index (χ2v) is 4.47. The third-order valence-corrected chi connectivity index (χ3v) is 2.77. The number of aliphatic hydroxyl groups excluding tert-OH is 1. The molecular formula is C13H19N3O4. The Balaban J connectivity index is 2.66. The van der Waals surface area contributed by atoms with Crippen LogP contribution < -0.4 is 10.6 Å². The maximum Gasteiger partial charge on any atom is 0.319 e. The number of hydrogen-bond acceptors (Lipinski definition) is 4. The lowest BCUT2D eigenvalue weighted by molar-refractivity contribution is -0.385. The summed E-state index contributed by atoms with van der Waals surface area (Å²) in [6.45, 7) is 3.79. The molecule has 0 bridgehead atoms. The molecular weight excluding hydrogens is 262 g/mol. The van der Waals surface area contributed by atoms with Crippen LogP contribution in [0.15, 0.2) is 18.2 Å². The summed E-state index contributed by atoms with van der Waals surface area (Å²) in [5.41, 5.74) is 0.979. The van der Waals surface area contributed by atoms with Crippen molar-refractivity contribution in [3.63, 3.8) is 0 Å². The van der Waals surface area contributed by atoms with E-state index in [1.165, 1.54) is 6.07 Å². The number of anilines is 1. The molecule has 1 rings (SSSR count). The largest absolute Gasteiger partial charge is 0.393 e. The highest BCUT2D eigenvalue weighted by atomic mass is 16.6. The lowest BCUT2D eigenvalue weighted by atomic mass is 10.1. The average Bonchev–Trinajstić information content (AvgIpc) is 2.38. The van der Waals surface area contributed by atoms with Crippen LogP contribution in [0.1, 0.15) is 25.8 Å². The number of rotatable bonds is 6. The predicted octanol–water partition coefficient (Wildman–Crippen LogP) is 2.05. The zero-order valence-electron chi connectivity index (χ0n) is 11.5. The topological polar surface area (TPSA) is 104 Å². The van der Waals surface area contributed by atoms with Crippen LogP contribution in [0.3, 0.4) is 0 Å². The van der Waals surface area contributed by atoms with Crippen molar-refractivity contribution in [3.8, 4) is 0 Å². The molecule has 7 nitrogen and oxygen atoms in total. The minimum atomic E-state index is -0.486. The van der Waals surface area contributed by atoms with Crippen LogP contribution in [0, 0.1) is 10.1 Å². The van der Waals surface area contributed by atoms with Gasteiger partial charge in [-0.1, -0.05) is 13.0 Å². The van der Waals surface area contributed by atoms with Crippen LogP contribution in [0.25, 0.3) is 0 Å². The van der Waals surface area contributed by atoms with Crippen LogP contribution in [0.2, 0.25) is 0 Å². The molecule has 1 unspecified atom stereocenters. The van der Waals surface area contributed by atoms with Gasteiger partial charge >= 0.3 is 6.03 Å². The Bertz CT molecular complexity index is 489.